The molecule has 0 aromatic carbocycles. The summed E-state index contributed by atoms with van der Waals surface area (Å²) in [7, 11) is 0. The Labute approximate surface area is 63.4 Å². The Bertz CT molecular complexity index is 123. The zero-order valence-electron chi connectivity index (χ0n) is 7.05. The van der Waals surface area contributed by atoms with Crippen molar-refractivity contribution in [2.75, 3.05) is 6.61 Å². The third kappa shape index (κ3) is 3.33. The molecule has 0 rings (SSSR count). The molecule has 0 bridgehead atoms. The van der Waals surface area contributed by atoms with E-state index in [0.717, 1.165) is 12.4 Å². The van der Waals surface area contributed by atoms with Gasteiger partial charge in [-0.25, -0.2) is 0 Å². The maximum Gasteiger partial charge on any atom is 0.0984 e. The summed E-state index contributed by atoms with van der Waals surface area (Å²) in [5.74, 6) is 1.47. The molecule has 0 N–H and O–H groups in total. The Hall–Kier alpha value is -0.720. The molecule has 0 unspecified atom stereocenters. The summed E-state index contributed by atoms with van der Waals surface area (Å²) in [5.41, 5.74) is 0. The molecule has 0 aromatic rings. The average molecular weight is 140 g/mol. The van der Waals surface area contributed by atoms with Gasteiger partial charge in [-0.05, 0) is 13.0 Å². The lowest BCUT2D eigenvalue weighted by molar-refractivity contribution is 0.200. The lowest BCUT2D eigenvalue weighted by Gasteiger charge is -2.10. The van der Waals surface area contributed by atoms with Crippen LogP contribution in [-0.2, 0) is 4.74 Å². The standard InChI is InChI=1S/C9H16O/c1-5-7-9(8(3)4)10-6-2/h5,7-8H,1,6H2,2-4H3/b9-7-. The molecule has 1 heteroatoms. The smallest absolute Gasteiger partial charge is 0.0984 e. The number of rotatable bonds is 4. The van der Waals surface area contributed by atoms with Crippen molar-refractivity contribution in [2.24, 2.45) is 5.92 Å². The molecule has 0 aliphatic rings. The molecule has 0 atom stereocenters. The van der Waals surface area contributed by atoms with E-state index in [1.165, 1.54) is 0 Å². The van der Waals surface area contributed by atoms with Crippen LogP contribution in [0, 0.1) is 5.92 Å². The van der Waals surface area contributed by atoms with Crippen LogP contribution in [0.4, 0.5) is 0 Å². The van der Waals surface area contributed by atoms with Crippen LogP contribution in [0.3, 0.4) is 0 Å². The predicted octanol–water partition coefficient (Wildman–Crippen LogP) is 2.75. The fraction of sp³-hybridized carbons (Fsp3) is 0.556. The molecule has 0 saturated heterocycles. The summed E-state index contributed by atoms with van der Waals surface area (Å²) >= 11 is 0. The lowest BCUT2D eigenvalue weighted by atomic mass is 10.1. The van der Waals surface area contributed by atoms with Crippen LogP contribution in [-0.4, -0.2) is 6.61 Å². The Balaban J connectivity index is 3.97. The van der Waals surface area contributed by atoms with Crippen molar-refractivity contribution in [3.05, 3.63) is 24.5 Å². The maximum atomic E-state index is 5.33. The molecule has 0 aromatic heterocycles. The van der Waals surface area contributed by atoms with Crippen LogP contribution in [0.25, 0.3) is 0 Å². The second-order valence-electron chi connectivity index (χ2n) is 2.39. The van der Waals surface area contributed by atoms with Crippen molar-refractivity contribution >= 4 is 0 Å². The van der Waals surface area contributed by atoms with E-state index >= 15 is 0 Å². The van der Waals surface area contributed by atoms with E-state index in [0.29, 0.717) is 5.92 Å². The molecule has 1 nitrogen and oxygen atoms in total. The summed E-state index contributed by atoms with van der Waals surface area (Å²) < 4.78 is 5.33. The third-order valence-corrected chi connectivity index (χ3v) is 1.16. The van der Waals surface area contributed by atoms with Gasteiger partial charge in [-0.3, -0.25) is 0 Å². The quantitative estimate of drug-likeness (QED) is 0.431. The highest BCUT2D eigenvalue weighted by Crippen LogP contribution is 2.10. The molecule has 58 valence electrons. The van der Waals surface area contributed by atoms with Gasteiger partial charge in [0.25, 0.3) is 0 Å². The molecule has 0 aliphatic carbocycles. The Kier molecular flexibility index (Phi) is 4.73. The first-order valence-electron chi connectivity index (χ1n) is 3.67. The van der Waals surface area contributed by atoms with Crippen molar-refractivity contribution in [1.82, 2.24) is 0 Å². The molecule has 0 radical (unpaired) electrons. The fourth-order valence-corrected chi connectivity index (χ4v) is 0.690. The van der Waals surface area contributed by atoms with Crippen molar-refractivity contribution in [3.63, 3.8) is 0 Å². The molecule has 10 heavy (non-hydrogen) atoms. The van der Waals surface area contributed by atoms with Crippen molar-refractivity contribution < 1.29 is 4.74 Å². The largest absolute Gasteiger partial charge is 0.498 e. The van der Waals surface area contributed by atoms with Gasteiger partial charge in [0.2, 0.25) is 0 Å². The summed E-state index contributed by atoms with van der Waals surface area (Å²) in [6, 6.07) is 0. The molecule has 0 aliphatic heterocycles. The number of ether oxygens (including phenoxy) is 1. The van der Waals surface area contributed by atoms with Crippen LogP contribution >= 0.6 is 0 Å². The van der Waals surface area contributed by atoms with Crippen LogP contribution in [0.1, 0.15) is 20.8 Å². The van der Waals surface area contributed by atoms with E-state index in [9.17, 15) is 0 Å². The number of hydrogen-bond donors (Lipinski definition) is 0. The fourth-order valence-electron chi connectivity index (χ4n) is 0.690. The zero-order valence-corrected chi connectivity index (χ0v) is 7.05. The highest BCUT2D eigenvalue weighted by atomic mass is 16.5. The SMILES string of the molecule is C=C/C=C(\OCC)C(C)C. The first-order valence-corrected chi connectivity index (χ1v) is 3.67. The monoisotopic (exact) mass is 140 g/mol. The number of allylic oxidation sites excluding steroid dienone is 3. The van der Waals surface area contributed by atoms with Crippen LogP contribution in [0.2, 0.25) is 0 Å². The lowest BCUT2D eigenvalue weighted by Crippen LogP contribution is -1.98. The summed E-state index contributed by atoms with van der Waals surface area (Å²) in [6.45, 7) is 10.5. The molecule has 0 amide bonds. The van der Waals surface area contributed by atoms with Gasteiger partial charge in [-0.15, -0.1) is 0 Å². The molecular weight excluding hydrogens is 124 g/mol. The van der Waals surface area contributed by atoms with Crippen LogP contribution in [0.15, 0.2) is 24.5 Å². The average Bonchev–Trinajstić information content (AvgIpc) is 1.87. The van der Waals surface area contributed by atoms with Gasteiger partial charge in [0, 0.05) is 5.92 Å². The molecule has 0 saturated carbocycles. The Morgan fingerprint density at radius 3 is 2.50 bits per heavy atom. The second kappa shape index (κ2) is 5.10. The first-order chi connectivity index (χ1) is 4.72. The minimum Gasteiger partial charge on any atom is -0.498 e. The highest BCUT2D eigenvalue weighted by Gasteiger charge is 2.00. The third-order valence-electron chi connectivity index (χ3n) is 1.16. The van der Waals surface area contributed by atoms with Gasteiger partial charge < -0.3 is 4.74 Å². The van der Waals surface area contributed by atoms with Gasteiger partial charge in [0.05, 0.1) is 12.4 Å². The van der Waals surface area contributed by atoms with Gasteiger partial charge in [-0.1, -0.05) is 26.5 Å². The highest BCUT2D eigenvalue weighted by molar-refractivity contribution is 5.05. The van der Waals surface area contributed by atoms with Crippen molar-refractivity contribution in [3.8, 4) is 0 Å². The van der Waals surface area contributed by atoms with Gasteiger partial charge >= 0.3 is 0 Å². The van der Waals surface area contributed by atoms with E-state index in [1.54, 1.807) is 6.08 Å². The van der Waals surface area contributed by atoms with Crippen molar-refractivity contribution in [2.45, 2.75) is 20.8 Å². The Morgan fingerprint density at radius 2 is 2.20 bits per heavy atom. The Morgan fingerprint density at radius 1 is 1.60 bits per heavy atom. The molecular formula is C9H16O. The van der Waals surface area contributed by atoms with E-state index in [4.69, 9.17) is 4.74 Å². The van der Waals surface area contributed by atoms with Crippen molar-refractivity contribution in [1.29, 1.82) is 0 Å². The van der Waals surface area contributed by atoms with Crippen LogP contribution < -0.4 is 0 Å². The topological polar surface area (TPSA) is 9.23 Å². The normalized spacial score (nSPS) is 11.8. The maximum absolute atomic E-state index is 5.33. The van der Waals surface area contributed by atoms with Gasteiger partial charge in [0.15, 0.2) is 0 Å². The molecule has 0 heterocycles. The summed E-state index contributed by atoms with van der Waals surface area (Å²) in [5, 5.41) is 0. The summed E-state index contributed by atoms with van der Waals surface area (Å²) in [6.07, 6.45) is 3.67. The van der Waals surface area contributed by atoms with E-state index in [2.05, 4.69) is 20.4 Å². The van der Waals surface area contributed by atoms with E-state index < -0.39 is 0 Å². The molecule has 0 spiro atoms. The van der Waals surface area contributed by atoms with Gasteiger partial charge in [-0.2, -0.15) is 0 Å². The van der Waals surface area contributed by atoms with Crippen LogP contribution in [0.5, 0.6) is 0 Å². The number of hydrogen-bond acceptors (Lipinski definition) is 1. The minimum atomic E-state index is 0.456. The first kappa shape index (κ1) is 9.28. The van der Waals surface area contributed by atoms with Gasteiger partial charge in [0.1, 0.15) is 0 Å². The van der Waals surface area contributed by atoms with E-state index in [-0.39, 0.29) is 0 Å². The predicted molar refractivity (Wildman–Crippen MR) is 44.7 cm³/mol. The zero-order chi connectivity index (χ0) is 7.98. The molecule has 0 fully saturated rings. The second-order valence-corrected chi connectivity index (χ2v) is 2.39. The minimum absolute atomic E-state index is 0.456. The summed E-state index contributed by atoms with van der Waals surface area (Å²) in [4.78, 5) is 0. The van der Waals surface area contributed by atoms with E-state index in [1.807, 2.05) is 13.0 Å².